The van der Waals surface area contributed by atoms with E-state index in [1.54, 1.807) is 0 Å². The van der Waals surface area contributed by atoms with Crippen LogP contribution in [0.2, 0.25) is 0 Å². The van der Waals surface area contributed by atoms with E-state index in [1.807, 2.05) is 57.9 Å². The summed E-state index contributed by atoms with van der Waals surface area (Å²) in [4.78, 5) is 18.6. The standard InChI is InChI=1S/C30H33N7O/c1-4-10-22-13-9-12-21(6-3)28(22)37-20-25(11-5-2)36(30(37)38)19-24-17-16-23(18-31-24)26-14-7-8-15-27(26)29-32-34-35-33-29/h7-9,12-18,20H,4-6,10-11,19H2,1-3H3,(H,32,33,34,35). The molecule has 0 unspecified atom stereocenters. The van der Waals surface area contributed by atoms with Gasteiger partial charge in [0.25, 0.3) is 0 Å². The van der Waals surface area contributed by atoms with E-state index in [4.69, 9.17) is 4.98 Å². The number of aromatic amines is 1. The summed E-state index contributed by atoms with van der Waals surface area (Å²) in [6.07, 6.45) is 8.52. The number of aromatic nitrogens is 7. The SMILES string of the molecule is CCCc1cccc(CC)c1-n1cc(CCC)n(Cc2ccc(-c3ccccc3-c3nn[nH]n3)cn2)c1=O. The normalized spacial score (nSPS) is 11.2. The summed E-state index contributed by atoms with van der Waals surface area (Å²) >= 11 is 0. The number of benzene rings is 2. The highest BCUT2D eigenvalue weighted by molar-refractivity contribution is 5.79. The number of para-hydroxylation sites is 1. The second-order valence-corrected chi connectivity index (χ2v) is 9.46. The Labute approximate surface area is 222 Å². The van der Waals surface area contributed by atoms with Gasteiger partial charge in [0.1, 0.15) is 0 Å². The maximum absolute atomic E-state index is 13.8. The lowest BCUT2D eigenvalue weighted by molar-refractivity contribution is 0.678. The van der Waals surface area contributed by atoms with Crippen LogP contribution in [0.3, 0.4) is 0 Å². The summed E-state index contributed by atoms with van der Waals surface area (Å²) in [6.45, 7) is 6.88. The number of tetrazole rings is 1. The summed E-state index contributed by atoms with van der Waals surface area (Å²) in [6, 6.07) is 18.3. The quantitative estimate of drug-likeness (QED) is 0.273. The molecule has 0 saturated carbocycles. The first-order chi connectivity index (χ1) is 18.6. The van der Waals surface area contributed by atoms with Crippen molar-refractivity contribution >= 4 is 0 Å². The summed E-state index contributed by atoms with van der Waals surface area (Å²) in [5.74, 6) is 0.538. The van der Waals surface area contributed by atoms with E-state index in [0.29, 0.717) is 12.4 Å². The molecule has 38 heavy (non-hydrogen) atoms. The molecule has 0 aliphatic rings. The van der Waals surface area contributed by atoms with Crippen LogP contribution in [0.1, 0.15) is 56.1 Å². The molecule has 3 aromatic heterocycles. The van der Waals surface area contributed by atoms with Gasteiger partial charge in [0, 0.05) is 29.2 Å². The van der Waals surface area contributed by atoms with Crippen LogP contribution in [0, 0.1) is 0 Å². The zero-order chi connectivity index (χ0) is 26.5. The van der Waals surface area contributed by atoms with E-state index in [2.05, 4.69) is 59.6 Å². The van der Waals surface area contributed by atoms with Crippen molar-refractivity contribution in [1.82, 2.24) is 34.7 Å². The molecule has 2 aromatic carbocycles. The molecule has 5 aromatic rings. The highest BCUT2D eigenvalue weighted by Crippen LogP contribution is 2.29. The summed E-state index contributed by atoms with van der Waals surface area (Å²) < 4.78 is 3.74. The Bertz CT molecular complexity index is 1560. The van der Waals surface area contributed by atoms with Gasteiger partial charge < -0.3 is 0 Å². The second-order valence-electron chi connectivity index (χ2n) is 9.46. The second kappa shape index (κ2) is 11.4. The smallest absolute Gasteiger partial charge is 0.290 e. The molecule has 3 heterocycles. The lowest BCUT2D eigenvalue weighted by atomic mass is 10.0. The van der Waals surface area contributed by atoms with E-state index in [1.165, 1.54) is 11.1 Å². The Morgan fingerprint density at radius 1 is 0.868 bits per heavy atom. The summed E-state index contributed by atoms with van der Waals surface area (Å²) in [5, 5.41) is 14.5. The predicted molar refractivity (Wildman–Crippen MR) is 149 cm³/mol. The number of rotatable bonds is 10. The van der Waals surface area contributed by atoms with E-state index in [0.717, 1.165) is 65.9 Å². The van der Waals surface area contributed by atoms with Crippen molar-refractivity contribution in [2.45, 2.75) is 59.4 Å². The van der Waals surface area contributed by atoms with Gasteiger partial charge in [0.05, 0.1) is 17.9 Å². The fraction of sp³-hybridized carbons (Fsp3) is 0.300. The van der Waals surface area contributed by atoms with E-state index >= 15 is 0 Å². The van der Waals surface area contributed by atoms with Crippen molar-refractivity contribution in [2.75, 3.05) is 0 Å². The number of imidazole rings is 1. The predicted octanol–water partition coefficient (Wildman–Crippen LogP) is 5.40. The maximum atomic E-state index is 13.8. The lowest BCUT2D eigenvalue weighted by Gasteiger charge is -2.14. The van der Waals surface area contributed by atoms with Crippen molar-refractivity contribution in [3.63, 3.8) is 0 Å². The van der Waals surface area contributed by atoms with Crippen LogP contribution in [0.4, 0.5) is 0 Å². The first kappa shape index (κ1) is 25.3. The third-order valence-electron chi connectivity index (χ3n) is 6.88. The Morgan fingerprint density at radius 2 is 1.66 bits per heavy atom. The van der Waals surface area contributed by atoms with Crippen LogP contribution >= 0.6 is 0 Å². The monoisotopic (exact) mass is 507 g/mol. The summed E-state index contributed by atoms with van der Waals surface area (Å²) in [5.41, 5.74) is 8.11. The molecule has 0 atom stereocenters. The first-order valence-electron chi connectivity index (χ1n) is 13.3. The Kier molecular flexibility index (Phi) is 7.58. The van der Waals surface area contributed by atoms with E-state index in [-0.39, 0.29) is 5.69 Å². The number of aryl methyl sites for hydroxylation is 3. The lowest BCUT2D eigenvalue weighted by Crippen LogP contribution is -2.26. The number of H-pyrrole nitrogens is 1. The minimum Gasteiger partial charge on any atom is -0.290 e. The topological polar surface area (TPSA) is 94.3 Å². The zero-order valence-electron chi connectivity index (χ0n) is 22.2. The number of nitrogens with zero attached hydrogens (tertiary/aromatic N) is 6. The van der Waals surface area contributed by atoms with Crippen LogP contribution in [0.5, 0.6) is 0 Å². The highest BCUT2D eigenvalue weighted by Gasteiger charge is 2.18. The molecule has 0 radical (unpaired) electrons. The molecule has 0 fully saturated rings. The van der Waals surface area contributed by atoms with Gasteiger partial charge in [-0.05, 0) is 47.2 Å². The van der Waals surface area contributed by atoms with Crippen molar-refractivity contribution in [3.8, 4) is 28.2 Å². The van der Waals surface area contributed by atoms with Crippen LogP contribution < -0.4 is 5.69 Å². The molecule has 5 rings (SSSR count). The van der Waals surface area contributed by atoms with Gasteiger partial charge in [-0.2, -0.15) is 5.21 Å². The average Bonchev–Trinajstić information content (AvgIpc) is 3.59. The zero-order valence-corrected chi connectivity index (χ0v) is 22.2. The minimum atomic E-state index is -0.0139. The van der Waals surface area contributed by atoms with Gasteiger partial charge in [0.15, 0.2) is 0 Å². The van der Waals surface area contributed by atoms with E-state index < -0.39 is 0 Å². The molecule has 0 spiro atoms. The van der Waals surface area contributed by atoms with Gasteiger partial charge in [-0.15, -0.1) is 10.2 Å². The fourth-order valence-electron chi connectivity index (χ4n) is 5.07. The third kappa shape index (κ3) is 4.94. The Morgan fingerprint density at radius 3 is 2.34 bits per heavy atom. The molecule has 0 amide bonds. The number of nitrogens with one attached hydrogen (secondary N) is 1. The van der Waals surface area contributed by atoms with Crippen LogP contribution in [-0.4, -0.2) is 34.7 Å². The average molecular weight is 508 g/mol. The van der Waals surface area contributed by atoms with Crippen LogP contribution in [0.25, 0.3) is 28.2 Å². The molecule has 0 aliphatic carbocycles. The fourth-order valence-corrected chi connectivity index (χ4v) is 5.07. The third-order valence-corrected chi connectivity index (χ3v) is 6.88. The number of hydrogen-bond acceptors (Lipinski definition) is 5. The maximum Gasteiger partial charge on any atom is 0.333 e. The molecular formula is C30H33N7O. The van der Waals surface area contributed by atoms with Crippen molar-refractivity contribution < 1.29 is 0 Å². The van der Waals surface area contributed by atoms with Gasteiger partial charge in [0.2, 0.25) is 5.82 Å². The Hall–Kier alpha value is -4.33. The molecule has 0 aliphatic heterocycles. The van der Waals surface area contributed by atoms with Crippen molar-refractivity contribution in [3.05, 3.63) is 100.0 Å². The largest absolute Gasteiger partial charge is 0.333 e. The first-order valence-corrected chi connectivity index (χ1v) is 13.3. The van der Waals surface area contributed by atoms with Crippen LogP contribution in [-0.2, 0) is 25.8 Å². The van der Waals surface area contributed by atoms with E-state index in [9.17, 15) is 4.79 Å². The minimum absolute atomic E-state index is 0.0139. The molecule has 0 bridgehead atoms. The molecule has 0 saturated heterocycles. The highest BCUT2D eigenvalue weighted by atomic mass is 16.1. The molecule has 1 N–H and O–H groups in total. The summed E-state index contributed by atoms with van der Waals surface area (Å²) in [7, 11) is 0. The van der Waals surface area contributed by atoms with Gasteiger partial charge in [-0.25, -0.2) is 4.79 Å². The molecule has 194 valence electrons. The van der Waals surface area contributed by atoms with Gasteiger partial charge in [-0.1, -0.05) is 82.1 Å². The van der Waals surface area contributed by atoms with Crippen LogP contribution in [0.15, 0.2) is 71.8 Å². The van der Waals surface area contributed by atoms with Crippen molar-refractivity contribution in [2.24, 2.45) is 0 Å². The Balaban J connectivity index is 1.51. The van der Waals surface area contributed by atoms with Gasteiger partial charge in [-0.3, -0.25) is 14.1 Å². The number of hydrogen-bond donors (Lipinski definition) is 1. The molecule has 8 nitrogen and oxygen atoms in total. The molecule has 8 heteroatoms. The van der Waals surface area contributed by atoms with Crippen molar-refractivity contribution in [1.29, 1.82) is 0 Å². The number of pyridine rings is 1. The van der Waals surface area contributed by atoms with Gasteiger partial charge >= 0.3 is 5.69 Å². The molecular weight excluding hydrogens is 474 g/mol.